The van der Waals surface area contributed by atoms with E-state index in [-0.39, 0.29) is 5.78 Å². The number of carbonyl (C=O) groups is 1. The smallest absolute Gasteiger partial charge is 0.153 e. The maximum Gasteiger partial charge on any atom is 0.153 e. The molecule has 1 nitrogen and oxygen atoms in total. The van der Waals surface area contributed by atoms with Crippen LogP contribution in [0.15, 0.2) is 12.2 Å². The molecule has 0 aromatic rings. The van der Waals surface area contributed by atoms with Crippen molar-refractivity contribution in [2.24, 2.45) is 0 Å². The van der Waals surface area contributed by atoms with Crippen molar-refractivity contribution in [3.05, 3.63) is 12.2 Å². The number of hydrogen-bond donors (Lipinski definition) is 0. The predicted octanol–water partition coefficient (Wildman–Crippen LogP) is 1.15. The predicted molar refractivity (Wildman–Crippen MR) is 33.3 cm³/mol. The zero-order valence-electron chi connectivity index (χ0n) is 5.06. The van der Waals surface area contributed by atoms with Crippen LogP contribution in [0.3, 0.4) is 0 Å². The molecule has 0 atom stereocenters. The summed E-state index contributed by atoms with van der Waals surface area (Å²) >= 11 is 0. The summed E-state index contributed by atoms with van der Waals surface area (Å²) in [5.41, 5.74) is 0. The lowest BCUT2D eigenvalue weighted by Crippen LogP contribution is -1.77. The lowest BCUT2D eigenvalue weighted by atomic mass is 10.4. The molecular weight excluding hydrogens is 100 g/mol. The highest BCUT2D eigenvalue weighted by atomic mass is 16.1. The van der Waals surface area contributed by atoms with E-state index < -0.39 is 0 Å². The summed E-state index contributed by atoms with van der Waals surface area (Å²) in [6.45, 7) is 3.22. The molecule has 0 saturated carbocycles. The monoisotopic (exact) mass is 108 g/mol. The van der Waals surface area contributed by atoms with Crippen molar-refractivity contribution in [3.8, 4) is 11.8 Å². The fourth-order valence-corrected chi connectivity index (χ4v) is 0.242. The Bertz CT molecular complexity index is 155. The maximum absolute atomic E-state index is 10.2. The Kier molecular flexibility index (Phi) is 3.60. The van der Waals surface area contributed by atoms with Crippen molar-refractivity contribution in [1.82, 2.24) is 0 Å². The SMILES string of the molecule is CC#CC=CC(C)=O. The van der Waals surface area contributed by atoms with E-state index in [0.29, 0.717) is 0 Å². The number of allylic oxidation sites excluding steroid dienone is 2. The first-order chi connectivity index (χ1) is 3.77. The third-order valence-electron chi connectivity index (χ3n) is 0.546. The van der Waals surface area contributed by atoms with Crippen molar-refractivity contribution in [2.45, 2.75) is 13.8 Å². The highest BCUT2D eigenvalue weighted by Crippen LogP contribution is 1.70. The average molecular weight is 108 g/mol. The first-order valence-electron chi connectivity index (χ1n) is 2.36. The Labute approximate surface area is 49.4 Å². The molecule has 0 unspecified atom stereocenters. The summed E-state index contributed by atoms with van der Waals surface area (Å²) in [6.07, 6.45) is 2.98. The van der Waals surface area contributed by atoms with Crippen molar-refractivity contribution in [2.75, 3.05) is 0 Å². The van der Waals surface area contributed by atoms with Crippen LogP contribution in [0, 0.1) is 11.8 Å². The molecule has 0 saturated heterocycles. The number of ketones is 1. The van der Waals surface area contributed by atoms with Gasteiger partial charge in [0.1, 0.15) is 0 Å². The van der Waals surface area contributed by atoms with E-state index in [4.69, 9.17) is 0 Å². The van der Waals surface area contributed by atoms with E-state index in [2.05, 4.69) is 11.8 Å². The highest BCUT2D eigenvalue weighted by Gasteiger charge is 1.74. The van der Waals surface area contributed by atoms with Crippen LogP contribution >= 0.6 is 0 Å². The summed E-state index contributed by atoms with van der Waals surface area (Å²) in [7, 11) is 0. The molecule has 0 bridgehead atoms. The van der Waals surface area contributed by atoms with E-state index in [9.17, 15) is 4.79 Å². The molecule has 0 aliphatic carbocycles. The number of rotatable bonds is 1. The van der Waals surface area contributed by atoms with Gasteiger partial charge in [-0.2, -0.15) is 0 Å². The minimum absolute atomic E-state index is 0.0350. The van der Waals surface area contributed by atoms with E-state index in [1.54, 1.807) is 13.0 Å². The second-order valence-corrected chi connectivity index (χ2v) is 1.34. The van der Waals surface area contributed by atoms with Crippen LogP contribution in [0.25, 0.3) is 0 Å². The standard InChI is InChI=1S/C7H8O/c1-3-4-5-6-7(2)8/h5-6H,1-2H3. The van der Waals surface area contributed by atoms with Gasteiger partial charge in [0, 0.05) is 0 Å². The van der Waals surface area contributed by atoms with Gasteiger partial charge < -0.3 is 0 Å². The molecule has 0 aromatic heterocycles. The van der Waals surface area contributed by atoms with Gasteiger partial charge in [-0.1, -0.05) is 5.92 Å². The molecule has 0 aromatic carbocycles. The summed E-state index contributed by atoms with van der Waals surface area (Å²) in [5.74, 6) is 5.30. The summed E-state index contributed by atoms with van der Waals surface area (Å²) < 4.78 is 0. The van der Waals surface area contributed by atoms with Crippen LogP contribution in [-0.4, -0.2) is 5.78 Å². The molecule has 0 fully saturated rings. The Morgan fingerprint density at radius 3 is 2.62 bits per heavy atom. The van der Waals surface area contributed by atoms with Crippen LogP contribution in [0.5, 0.6) is 0 Å². The van der Waals surface area contributed by atoms with Crippen molar-refractivity contribution in [3.63, 3.8) is 0 Å². The third-order valence-corrected chi connectivity index (χ3v) is 0.546. The number of carbonyl (C=O) groups excluding carboxylic acids is 1. The third kappa shape index (κ3) is 4.97. The summed E-state index contributed by atoms with van der Waals surface area (Å²) in [5, 5.41) is 0. The van der Waals surface area contributed by atoms with Crippen molar-refractivity contribution >= 4 is 5.78 Å². The second-order valence-electron chi connectivity index (χ2n) is 1.34. The topological polar surface area (TPSA) is 17.1 Å². The van der Waals surface area contributed by atoms with Crippen LogP contribution in [0.4, 0.5) is 0 Å². The zero-order chi connectivity index (χ0) is 6.41. The molecule has 1 heteroatoms. The van der Waals surface area contributed by atoms with Gasteiger partial charge in [-0.15, -0.1) is 5.92 Å². The molecule has 8 heavy (non-hydrogen) atoms. The Hall–Kier alpha value is -1.03. The highest BCUT2D eigenvalue weighted by molar-refractivity contribution is 5.87. The van der Waals surface area contributed by atoms with Gasteiger partial charge in [0.25, 0.3) is 0 Å². The van der Waals surface area contributed by atoms with Gasteiger partial charge in [0.2, 0.25) is 0 Å². The molecule has 0 aliphatic rings. The molecule has 0 radical (unpaired) electrons. The Balaban J connectivity index is 3.61. The first-order valence-corrected chi connectivity index (χ1v) is 2.36. The van der Waals surface area contributed by atoms with Gasteiger partial charge in [-0.25, -0.2) is 0 Å². The molecule has 0 rings (SSSR count). The van der Waals surface area contributed by atoms with E-state index in [1.165, 1.54) is 13.0 Å². The van der Waals surface area contributed by atoms with Gasteiger partial charge in [0.15, 0.2) is 5.78 Å². The van der Waals surface area contributed by atoms with Crippen LogP contribution < -0.4 is 0 Å². The van der Waals surface area contributed by atoms with Crippen LogP contribution in [-0.2, 0) is 4.79 Å². The lowest BCUT2D eigenvalue weighted by Gasteiger charge is -1.69. The largest absolute Gasteiger partial charge is 0.295 e. The molecule has 42 valence electrons. The minimum atomic E-state index is 0.0350. The molecular formula is C7H8O. The quantitative estimate of drug-likeness (QED) is 0.364. The van der Waals surface area contributed by atoms with Gasteiger partial charge in [-0.3, -0.25) is 4.79 Å². The van der Waals surface area contributed by atoms with Crippen molar-refractivity contribution in [1.29, 1.82) is 0 Å². The fourth-order valence-electron chi connectivity index (χ4n) is 0.242. The summed E-state index contributed by atoms with van der Waals surface area (Å²) in [4.78, 5) is 10.2. The van der Waals surface area contributed by atoms with E-state index in [0.717, 1.165) is 0 Å². The van der Waals surface area contributed by atoms with E-state index in [1.807, 2.05) is 0 Å². The normalized spacial score (nSPS) is 8.25. The molecule has 0 spiro atoms. The molecule has 0 heterocycles. The molecule has 0 N–H and O–H groups in total. The van der Waals surface area contributed by atoms with Crippen molar-refractivity contribution < 1.29 is 4.79 Å². The maximum atomic E-state index is 10.2. The second kappa shape index (κ2) is 4.14. The minimum Gasteiger partial charge on any atom is -0.295 e. The molecule has 0 amide bonds. The lowest BCUT2D eigenvalue weighted by molar-refractivity contribution is -0.112. The Morgan fingerprint density at radius 2 is 2.25 bits per heavy atom. The Morgan fingerprint density at radius 1 is 1.62 bits per heavy atom. The first kappa shape index (κ1) is 6.97. The van der Waals surface area contributed by atoms with Gasteiger partial charge >= 0.3 is 0 Å². The molecule has 0 aliphatic heterocycles. The van der Waals surface area contributed by atoms with Gasteiger partial charge in [-0.05, 0) is 26.0 Å². The van der Waals surface area contributed by atoms with Crippen LogP contribution in [0.1, 0.15) is 13.8 Å². The number of hydrogen-bond acceptors (Lipinski definition) is 1. The van der Waals surface area contributed by atoms with Gasteiger partial charge in [0.05, 0.1) is 0 Å². The summed E-state index contributed by atoms with van der Waals surface area (Å²) in [6, 6.07) is 0. The van der Waals surface area contributed by atoms with Crippen LogP contribution in [0.2, 0.25) is 0 Å². The average Bonchev–Trinajstić information content (AvgIpc) is 1.66. The fraction of sp³-hybridized carbons (Fsp3) is 0.286. The van der Waals surface area contributed by atoms with E-state index >= 15 is 0 Å². The zero-order valence-corrected chi connectivity index (χ0v) is 5.06.